The largest absolute Gasteiger partial charge is 0.479 e. The minimum atomic E-state index is -1.59. The number of carbonyl (C=O) groups is 2. The van der Waals surface area contributed by atoms with Gasteiger partial charge in [0.1, 0.15) is 0 Å². The van der Waals surface area contributed by atoms with Crippen LogP contribution in [0.5, 0.6) is 0 Å². The second kappa shape index (κ2) is 5.05. The van der Waals surface area contributed by atoms with Crippen LogP contribution in [0.2, 0.25) is 0 Å². The van der Waals surface area contributed by atoms with E-state index in [0.29, 0.717) is 18.5 Å². The molecular formula is C15H15N3O3. The predicted molar refractivity (Wildman–Crippen MR) is 75.7 cm³/mol. The van der Waals surface area contributed by atoms with E-state index in [1.54, 1.807) is 48.8 Å². The van der Waals surface area contributed by atoms with E-state index in [2.05, 4.69) is 5.10 Å². The molecule has 0 amide bonds. The number of hydrogen-bond acceptors (Lipinski definition) is 4. The highest BCUT2D eigenvalue weighted by atomic mass is 16.4. The zero-order chi connectivity index (χ0) is 14.9. The summed E-state index contributed by atoms with van der Waals surface area (Å²) in [5, 5.41) is 15.4. The van der Waals surface area contributed by atoms with Crippen LogP contribution in [0.3, 0.4) is 0 Å². The maximum atomic E-state index is 12.9. The molecule has 1 fully saturated rings. The molecule has 2 aromatic rings. The van der Waals surface area contributed by atoms with Gasteiger partial charge in [0.2, 0.25) is 11.3 Å². The molecule has 0 spiro atoms. The molecule has 21 heavy (non-hydrogen) atoms. The fourth-order valence-corrected chi connectivity index (χ4v) is 2.86. The minimum absolute atomic E-state index is 0.274. The molecule has 3 rings (SSSR count). The molecule has 108 valence electrons. The van der Waals surface area contributed by atoms with E-state index < -0.39 is 17.3 Å². The van der Waals surface area contributed by atoms with Crippen molar-refractivity contribution in [3.8, 4) is 0 Å². The number of aromatic nitrogens is 2. The maximum absolute atomic E-state index is 12.9. The van der Waals surface area contributed by atoms with Crippen molar-refractivity contribution in [2.75, 3.05) is 11.6 Å². The van der Waals surface area contributed by atoms with Crippen LogP contribution in [-0.2, 0) is 4.79 Å². The van der Waals surface area contributed by atoms with Gasteiger partial charge in [-0.3, -0.25) is 9.80 Å². The minimum Gasteiger partial charge on any atom is -0.479 e. The van der Waals surface area contributed by atoms with Crippen LogP contribution in [0, 0.1) is 0 Å². The molecule has 1 N–H and O–H groups in total. The van der Waals surface area contributed by atoms with Crippen LogP contribution in [0.1, 0.15) is 23.2 Å². The molecule has 6 heteroatoms. The summed E-state index contributed by atoms with van der Waals surface area (Å²) in [4.78, 5) is 26.2. The monoisotopic (exact) mass is 285 g/mol. The Hall–Kier alpha value is -2.63. The van der Waals surface area contributed by atoms with Crippen molar-refractivity contribution in [1.29, 1.82) is 0 Å². The SMILES string of the molecule is O=C(O)C1(C(=O)c2ccccc2)CCCN1n1cccn1. The fraction of sp³-hybridized carbons (Fsp3) is 0.267. The van der Waals surface area contributed by atoms with Crippen LogP contribution < -0.4 is 5.01 Å². The number of benzene rings is 1. The topological polar surface area (TPSA) is 75.4 Å². The van der Waals surface area contributed by atoms with Gasteiger partial charge in [-0.15, -0.1) is 0 Å². The number of carboxylic acids is 1. The Morgan fingerprint density at radius 1 is 1.19 bits per heavy atom. The summed E-state index contributed by atoms with van der Waals surface area (Å²) in [7, 11) is 0. The molecule has 1 aliphatic heterocycles. The van der Waals surface area contributed by atoms with E-state index in [-0.39, 0.29) is 6.42 Å². The van der Waals surface area contributed by atoms with Crippen LogP contribution in [-0.4, -0.2) is 38.8 Å². The van der Waals surface area contributed by atoms with Crippen LogP contribution in [0.4, 0.5) is 0 Å². The Morgan fingerprint density at radius 2 is 1.95 bits per heavy atom. The first kappa shape index (κ1) is 13.4. The number of hydrogen-bond donors (Lipinski definition) is 1. The van der Waals surface area contributed by atoms with E-state index in [1.165, 1.54) is 9.80 Å². The van der Waals surface area contributed by atoms with Crippen molar-refractivity contribution in [2.24, 2.45) is 0 Å². The van der Waals surface area contributed by atoms with Gasteiger partial charge in [-0.05, 0) is 18.9 Å². The van der Waals surface area contributed by atoms with Crippen molar-refractivity contribution in [1.82, 2.24) is 9.89 Å². The smallest absolute Gasteiger partial charge is 0.339 e. The van der Waals surface area contributed by atoms with Gasteiger partial charge in [-0.25, -0.2) is 4.79 Å². The third kappa shape index (κ3) is 1.99. The van der Waals surface area contributed by atoms with Crippen molar-refractivity contribution >= 4 is 11.8 Å². The number of ketones is 1. The molecule has 1 aliphatic rings. The second-order valence-corrected chi connectivity index (χ2v) is 5.01. The number of carbonyl (C=O) groups excluding carboxylic acids is 1. The van der Waals surface area contributed by atoms with Gasteiger partial charge in [0.15, 0.2) is 0 Å². The Morgan fingerprint density at radius 3 is 2.57 bits per heavy atom. The Labute approximate surface area is 121 Å². The van der Waals surface area contributed by atoms with Gasteiger partial charge in [-0.2, -0.15) is 9.89 Å². The van der Waals surface area contributed by atoms with Crippen LogP contribution in [0.15, 0.2) is 48.8 Å². The quantitative estimate of drug-likeness (QED) is 0.677. The number of Topliss-reactive ketones (excluding diaryl/α,β-unsaturated/α-hetero) is 1. The lowest BCUT2D eigenvalue weighted by molar-refractivity contribution is -0.141. The maximum Gasteiger partial charge on any atom is 0.339 e. The average Bonchev–Trinajstić information content (AvgIpc) is 3.16. The lowest BCUT2D eigenvalue weighted by atomic mass is 9.87. The highest BCUT2D eigenvalue weighted by molar-refractivity contribution is 6.17. The molecule has 1 unspecified atom stereocenters. The second-order valence-electron chi connectivity index (χ2n) is 5.01. The fourth-order valence-electron chi connectivity index (χ4n) is 2.86. The number of aliphatic carboxylic acids is 1. The van der Waals surface area contributed by atoms with Crippen molar-refractivity contribution < 1.29 is 14.7 Å². The Kier molecular flexibility index (Phi) is 3.21. The normalized spacial score (nSPS) is 21.4. The molecule has 1 saturated heterocycles. The summed E-state index contributed by atoms with van der Waals surface area (Å²) in [5.41, 5.74) is -1.19. The van der Waals surface area contributed by atoms with Gasteiger partial charge in [0.25, 0.3) is 0 Å². The van der Waals surface area contributed by atoms with Gasteiger partial charge in [-0.1, -0.05) is 30.3 Å². The molecule has 0 radical (unpaired) electrons. The standard InChI is InChI=1S/C15H15N3O3/c19-13(12-6-2-1-3-7-12)15(14(20)21)8-4-10-17(15)18-11-5-9-16-18/h1-3,5-7,9,11H,4,8,10H2,(H,20,21). The zero-order valence-electron chi connectivity index (χ0n) is 11.3. The van der Waals surface area contributed by atoms with Gasteiger partial charge in [0, 0.05) is 18.3 Å². The highest BCUT2D eigenvalue weighted by Gasteiger charge is 2.55. The first-order valence-electron chi connectivity index (χ1n) is 6.77. The first-order valence-corrected chi connectivity index (χ1v) is 6.77. The van der Waals surface area contributed by atoms with E-state index in [0.717, 1.165) is 0 Å². The molecule has 1 aromatic heterocycles. The molecule has 2 heterocycles. The van der Waals surface area contributed by atoms with Gasteiger partial charge >= 0.3 is 5.97 Å². The predicted octanol–water partition coefficient (Wildman–Crippen LogP) is 1.32. The highest BCUT2D eigenvalue weighted by Crippen LogP contribution is 2.31. The molecule has 6 nitrogen and oxygen atoms in total. The third-order valence-corrected chi connectivity index (χ3v) is 3.85. The molecule has 0 saturated carbocycles. The average molecular weight is 285 g/mol. The molecule has 1 aromatic carbocycles. The summed E-state index contributed by atoms with van der Waals surface area (Å²) in [5.74, 6) is -1.53. The lowest BCUT2D eigenvalue weighted by Gasteiger charge is -2.34. The summed E-state index contributed by atoms with van der Waals surface area (Å²) in [6.45, 7) is 0.479. The first-order chi connectivity index (χ1) is 10.2. The van der Waals surface area contributed by atoms with Crippen LogP contribution >= 0.6 is 0 Å². The van der Waals surface area contributed by atoms with Gasteiger partial charge in [0.05, 0.1) is 6.20 Å². The summed E-state index contributed by atoms with van der Waals surface area (Å²) in [6.07, 6.45) is 4.12. The Balaban J connectivity index is 2.08. The number of rotatable bonds is 4. The van der Waals surface area contributed by atoms with E-state index >= 15 is 0 Å². The number of carboxylic acid groups (broad SMARTS) is 1. The summed E-state index contributed by atoms with van der Waals surface area (Å²) >= 11 is 0. The number of nitrogens with zero attached hydrogens (tertiary/aromatic N) is 3. The van der Waals surface area contributed by atoms with E-state index in [9.17, 15) is 14.7 Å². The summed E-state index contributed by atoms with van der Waals surface area (Å²) < 4.78 is 0. The van der Waals surface area contributed by atoms with E-state index in [4.69, 9.17) is 0 Å². The molecular weight excluding hydrogens is 270 g/mol. The Bertz CT molecular complexity index is 654. The zero-order valence-corrected chi connectivity index (χ0v) is 11.3. The van der Waals surface area contributed by atoms with Crippen molar-refractivity contribution in [3.05, 3.63) is 54.4 Å². The van der Waals surface area contributed by atoms with E-state index in [1.807, 2.05) is 0 Å². The summed E-state index contributed by atoms with van der Waals surface area (Å²) in [6, 6.07) is 10.3. The third-order valence-electron chi connectivity index (χ3n) is 3.85. The molecule has 0 aliphatic carbocycles. The van der Waals surface area contributed by atoms with Crippen molar-refractivity contribution in [2.45, 2.75) is 18.4 Å². The van der Waals surface area contributed by atoms with Gasteiger partial charge < -0.3 is 5.11 Å². The van der Waals surface area contributed by atoms with Crippen LogP contribution in [0.25, 0.3) is 0 Å². The lowest BCUT2D eigenvalue weighted by Crippen LogP contribution is -2.61. The van der Waals surface area contributed by atoms with Crippen molar-refractivity contribution in [3.63, 3.8) is 0 Å². The molecule has 1 atom stereocenters. The molecule has 0 bridgehead atoms.